The fraction of sp³-hybridized carbons (Fsp3) is 0.379. The van der Waals surface area contributed by atoms with Crippen LogP contribution in [-0.4, -0.2) is 97.7 Å². The predicted molar refractivity (Wildman–Crippen MR) is 160 cm³/mol. The lowest BCUT2D eigenvalue weighted by atomic mass is 10.0. The van der Waals surface area contributed by atoms with Crippen molar-refractivity contribution in [1.82, 2.24) is 15.5 Å². The number of hydrogen-bond donors (Lipinski definition) is 3. The van der Waals surface area contributed by atoms with Crippen molar-refractivity contribution in [1.29, 1.82) is 0 Å². The van der Waals surface area contributed by atoms with Crippen LogP contribution in [0.4, 0.5) is 14.5 Å². The van der Waals surface area contributed by atoms with Gasteiger partial charge < -0.3 is 30.3 Å². The molecule has 0 aliphatic carbocycles. The van der Waals surface area contributed by atoms with Gasteiger partial charge in [0.2, 0.25) is 6.41 Å². The summed E-state index contributed by atoms with van der Waals surface area (Å²) in [5.41, 5.74) is 2.68. The zero-order valence-electron chi connectivity index (χ0n) is 24.0. The van der Waals surface area contributed by atoms with E-state index in [9.17, 15) is 18.4 Å². The zero-order valence-corrected chi connectivity index (χ0v) is 24.0. The quantitative estimate of drug-likeness (QED) is 0.185. The van der Waals surface area contributed by atoms with Crippen LogP contribution < -0.4 is 20.7 Å². The lowest BCUT2D eigenvalue weighted by Crippen LogP contribution is -2.42. The molecular formula is C29H40F2N6O4. The molecule has 0 aromatic heterocycles. The van der Waals surface area contributed by atoms with Crippen LogP contribution in [0, 0.1) is 0 Å². The Morgan fingerprint density at radius 2 is 1.88 bits per heavy atom. The van der Waals surface area contributed by atoms with Crippen molar-refractivity contribution >= 4 is 36.9 Å². The molecule has 41 heavy (non-hydrogen) atoms. The molecule has 1 atom stereocenters. The maximum Gasteiger partial charge on any atom is 0.387 e. The Labute approximate surface area is 240 Å². The number of halogens is 2. The van der Waals surface area contributed by atoms with Gasteiger partial charge in [-0.25, -0.2) is 0 Å². The number of aliphatic imine (C=N–C) groups is 2. The maximum absolute atomic E-state index is 12.8. The van der Waals surface area contributed by atoms with E-state index in [-0.39, 0.29) is 18.3 Å². The number of ether oxygens (including phenoxy) is 2. The molecule has 0 saturated heterocycles. The van der Waals surface area contributed by atoms with E-state index in [2.05, 4.69) is 37.4 Å². The van der Waals surface area contributed by atoms with E-state index in [1.54, 1.807) is 61.7 Å². The van der Waals surface area contributed by atoms with E-state index in [0.717, 1.165) is 6.41 Å². The highest BCUT2D eigenvalue weighted by atomic mass is 19.3. The third-order valence-electron chi connectivity index (χ3n) is 5.53. The molecule has 224 valence electrons. The minimum Gasteiger partial charge on any atom is -0.434 e. The van der Waals surface area contributed by atoms with Crippen LogP contribution in [0.2, 0.25) is 0 Å². The van der Waals surface area contributed by atoms with Crippen molar-refractivity contribution in [2.75, 3.05) is 59.8 Å². The fourth-order valence-corrected chi connectivity index (χ4v) is 3.60. The first-order chi connectivity index (χ1) is 19.9. The first kappa shape index (κ1) is 35.0. The number of nitrogens with one attached hydrogen (secondary N) is 3. The van der Waals surface area contributed by atoms with Crippen molar-refractivity contribution in [3.05, 3.63) is 65.4 Å². The van der Waals surface area contributed by atoms with Crippen LogP contribution in [0.3, 0.4) is 0 Å². The first-order valence-electron chi connectivity index (χ1n) is 12.8. The van der Waals surface area contributed by atoms with Crippen molar-refractivity contribution in [3.8, 4) is 5.75 Å². The largest absolute Gasteiger partial charge is 0.434 e. The van der Waals surface area contributed by atoms with Gasteiger partial charge in [-0.05, 0) is 51.6 Å². The zero-order chi connectivity index (χ0) is 30.5. The number of nitrogens with zero attached hydrogens (tertiary/aromatic N) is 3. The fourth-order valence-electron chi connectivity index (χ4n) is 3.60. The van der Waals surface area contributed by atoms with Crippen LogP contribution in [0.5, 0.6) is 5.75 Å². The number of aldehydes is 1. The monoisotopic (exact) mass is 574 g/mol. The number of anilines is 1. The molecule has 12 heteroatoms. The predicted octanol–water partition coefficient (Wildman–Crippen LogP) is 3.35. The second-order valence-corrected chi connectivity index (χ2v) is 8.58. The van der Waals surface area contributed by atoms with Gasteiger partial charge in [0, 0.05) is 61.5 Å². The summed E-state index contributed by atoms with van der Waals surface area (Å²) in [4.78, 5) is 33.2. The van der Waals surface area contributed by atoms with E-state index in [1.807, 2.05) is 14.1 Å². The average Bonchev–Trinajstić information content (AvgIpc) is 2.96. The number of hydrogen-bond acceptors (Lipinski definition) is 9. The second kappa shape index (κ2) is 20.8. The Bertz CT molecular complexity index is 1130. The molecule has 0 aliphatic rings. The van der Waals surface area contributed by atoms with Gasteiger partial charge in [0.1, 0.15) is 5.75 Å². The second-order valence-electron chi connectivity index (χ2n) is 8.58. The summed E-state index contributed by atoms with van der Waals surface area (Å²) in [6, 6.07) is 11.3. The third-order valence-corrected chi connectivity index (χ3v) is 5.53. The maximum atomic E-state index is 12.8. The summed E-state index contributed by atoms with van der Waals surface area (Å²) in [5.74, 6) is 0.0482. The topological polar surface area (TPSA) is 117 Å². The smallest absolute Gasteiger partial charge is 0.387 e. The van der Waals surface area contributed by atoms with Gasteiger partial charge >= 0.3 is 6.61 Å². The number of methoxy groups -OCH3 is 1. The summed E-state index contributed by atoms with van der Waals surface area (Å²) in [5, 5.41) is 8.88. The van der Waals surface area contributed by atoms with E-state index >= 15 is 0 Å². The molecule has 1 amide bonds. The molecule has 2 rings (SSSR count). The number of para-hydroxylation sites is 1. The Morgan fingerprint density at radius 1 is 1.15 bits per heavy atom. The van der Waals surface area contributed by atoms with Gasteiger partial charge in [0.05, 0.1) is 19.2 Å². The number of rotatable bonds is 18. The Balaban J connectivity index is 0.00000268. The standard InChI is InChI=1S/C27H33F2N5O4.C2H7N/c1-30-10-11-34(19-36)24(18-37-3)16-32-14-23(13-31-2)20-8-9-22(17-35)25(12-20)33-15-21-6-4-5-7-26(21)38-27(28)29;1-3-2/h4-9,12-14,17,19,24,27,30,33H,2,10-11,15-16,18H2,1,3H3;3H,1-2H3/b23-13+,32-14?;. The molecule has 2 aromatic carbocycles. The number of allylic oxidation sites excluding steroid dienone is 1. The van der Waals surface area contributed by atoms with Crippen molar-refractivity contribution in [2.45, 2.75) is 19.2 Å². The summed E-state index contributed by atoms with van der Waals surface area (Å²) in [6.45, 7) is 2.47. The average molecular weight is 575 g/mol. The normalized spacial score (nSPS) is 11.9. The van der Waals surface area contributed by atoms with E-state index in [0.29, 0.717) is 60.5 Å². The minimum absolute atomic E-state index is 0.0482. The van der Waals surface area contributed by atoms with E-state index in [4.69, 9.17) is 4.74 Å². The van der Waals surface area contributed by atoms with E-state index < -0.39 is 6.61 Å². The number of amides is 1. The van der Waals surface area contributed by atoms with Gasteiger partial charge in [-0.1, -0.05) is 24.3 Å². The van der Waals surface area contributed by atoms with Crippen LogP contribution in [0.1, 0.15) is 21.5 Å². The molecule has 10 nitrogen and oxygen atoms in total. The van der Waals surface area contributed by atoms with Gasteiger partial charge in [-0.15, -0.1) is 0 Å². The van der Waals surface area contributed by atoms with Crippen LogP contribution in [0.25, 0.3) is 5.57 Å². The summed E-state index contributed by atoms with van der Waals surface area (Å²) < 4.78 is 35.4. The van der Waals surface area contributed by atoms with Crippen molar-refractivity contribution in [2.24, 2.45) is 9.98 Å². The van der Waals surface area contributed by atoms with Gasteiger partial charge in [-0.3, -0.25) is 19.6 Å². The highest BCUT2D eigenvalue weighted by molar-refractivity contribution is 6.10. The number of likely N-dealkylation sites (N-methyl/N-ethyl adjacent to an activating group) is 1. The molecule has 0 spiro atoms. The van der Waals surface area contributed by atoms with Crippen LogP contribution in [0.15, 0.2) is 58.6 Å². The number of carbonyl (C=O) groups excluding carboxylic acids is 2. The minimum atomic E-state index is -2.95. The van der Waals surface area contributed by atoms with Crippen molar-refractivity contribution < 1.29 is 27.8 Å². The summed E-state index contributed by atoms with van der Waals surface area (Å²) in [7, 11) is 7.12. The first-order valence-corrected chi connectivity index (χ1v) is 12.8. The number of benzene rings is 2. The number of alkyl halides is 2. The number of carbonyl (C=O) groups is 2. The van der Waals surface area contributed by atoms with Gasteiger partial charge in [0.25, 0.3) is 0 Å². The molecular weight excluding hydrogens is 534 g/mol. The third kappa shape index (κ3) is 12.8. The molecule has 2 aromatic rings. The van der Waals surface area contributed by atoms with Crippen LogP contribution in [-0.2, 0) is 16.1 Å². The van der Waals surface area contributed by atoms with Crippen molar-refractivity contribution in [3.63, 3.8) is 0 Å². The van der Waals surface area contributed by atoms with Gasteiger partial charge in [-0.2, -0.15) is 8.78 Å². The molecule has 0 aliphatic heterocycles. The molecule has 0 bridgehead atoms. The lowest BCUT2D eigenvalue weighted by molar-refractivity contribution is -0.121. The molecule has 3 N–H and O–H groups in total. The molecule has 0 fully saturated rings. The SMILES string of the molecule is C=N/C=C(\C=NCC(COC)N(C=O)CCNC)c1ccc(C=O)c(NCc2ccccc2OC(F)F)c1.CNC. The lowest BCUT2D eigenvalue weighted by Gasteiger charge is -2.26. The molecule has 0 saturated carbocycles. The Hall–Kier alpha value is -4.00. The Morgan fingerprint density at radius 3 is 2.49 bits per heavy atom. The molecule has 0 radical (unpaired) electrons. The highest BCUT2D eigenvalue weighted by Gasteiger charge is 2.16. The Kier molecular flexibility index (Phi) is 17.8. The van der Waals surface area contributed by atoms with E-state index in [1.165, 1.54) is 12.3 Å². The van der Waals surface area contributed by atoms with Crippen LogP contribution >= 0.6 is 0 Å². The summed E-state index contributed by atoms with van der Waals surface area (Å²) in [6.07, 6.45) is 4.62. The summed E-state index contributed by atoms with van der Waals surface area (Å²) >= 11 is 0. The molecule has 1 unspecified atom stereocenters. The highest BCUT2D eigenvalue weighted by Crippen LogP contribution is 2.25. The molecule has 0 heterocycles. The van der Waals surface area contributed by atoms with Gasteiger partial charge in [0.15, 0.2) is 6.29 Å².